The van der Waals surface area contributed by atoms with Gasteiger partial charge in [-0.05, 0) is 62.7 Å². The Morgan fingerprint density at radius 3 is 2.62 bits per heavy atom. The number of carbonyl (C=O) groups is 1. The molecule has 3 aromatic rings. The van der Waals surface area contributed by atoms with Crippen molar-refractivity contribution in [3.05, 3.63) is 64.0 Å². The number of rotatable bonds is 6. The van der Waals surface area contributed by atoms with E-state index >= 15 is 0 Å². The Labute approximate surface area is 157 Å². The summed E-state index contributed by atoms with van der Waals surface area (Å²) in [6.07, 6.45) is 0.274. The van der Waals surface area contributed by atoms with Crippen LogP contribution >= 0.6 is 11.3 Å². The molecule has 0 unspecified atom stereocenters. The zero-order valence-corrected chi connectivity index (χ0v) is 16.0. The molecule has 4 nitrogen and oxygen atoms in total. The summed E-state index contributed by atoms with van der Waals surface area (Å²) in [5.41, 5.74) is 3.89. The van der Waals surface area contributed by atoms with Gasteiger partial charge in [0.2, 0.25) is 5.91 Å². The second kappa shape index (κ2) is 8.15. The molecule has 0 fully saturated rings. The third-order valence-electron chi connectivity index (χ3n) is 3.89. The van der Waals surface area contributed by atoms with Gasteiger partial charge < -0.3 is 10.1 Å². The summed E-state index contributed by atoms with van der Waals surface area (Å²) in [5, 5.41) is 3.75. The third kappa shape index (κ3) is 4.49. The van der Waals surface area contributed by atoms with Gasteiger partial charge in [-0.3, -0.25) is 4.79 Å². The molecule has 2 aromatic carbocycles. The molecule has 0 saturated heterocycles. The lowest BCUT2D eigenvalue weighted by Crippen LogP contribution is -2.14. The number of benzene rings is 2. The van der Waals surface area contributed by atoms with E-state index in [1.807, 2.05) is 69.3 Å². The molecule has 0 aliphatic rings. The SMILES string of the molecule is CCOc1ccc(-c2nc(CC(=O)Nc3cccc(C)c3)sc2C)cc1. The van der Waals surface area contributed by atoms with Crippen LogP contribution in [0.2, 0.25) is 0 Å². The Kier molecular flexibility index (Phi) is 5.68. The number of hydrogen-bond donors (Lipinski definition) is 1. The van der Waals surface area contributed by atoms with E-state index in [9.17, 15) is 4.79 Å². The minimum Gasteiger partial charge on any atom is -0.494 e. The summed E-state index contributed by atoms with van der Waals surface area (Å²) < 4.78 is 5.48. The lowest BCUT2D eigenvalue weighted by molar-refractivity contribution is -0.115. The van der Waals surface area contributed by atoms with E-state index < -0.39 is 0 Å². The van der Waals surface area contributed by atoms with Crippen molar-refractivity contribution in [2.75, 3.05) is 11.9 Å². The maximum absolute atomic E-state index is 12.3. The minimum absolute atomic E-state index is 0.0532. The van der Waals surface area contributed by atoms with E-state index in [1.54, 1.807) is 11.3 Å². The number of nitrogens with one attached hydrogen (secondary N) is 1. The summed E-state index contributed by atoms with van der Waals surface area (Å²) in [6.45, 7) is 6.65. The number of carbonyl (C=O) groups excluding carboxylic acids is 1. The number of nitrogens with zero attached hydrogens (tertiary/aromatic N) is 1. The molecule has 1 amide bonds. The summed E-state index contributed by atoms with van der Waals surface area (Å²) in [5.74, 6) is 0.796. The number of amides is 1. The largest absolute Gasteiger partial charge is 0.494 e. The van der Waals surface area contributed by atoms with Gasteiger partial charge in [0.15, 0.2) is 0 Å². The molecule has 0 radical (unpaired) electrons. The molecule has 0 bridgehead atoms. The summed E-state index contributed by atoms with van der Waals surface area (Å²) in [4.78, 5) is 18.1. The summed E-state index contributed by atoms with van der Waals surface area (Å²) in [6, 6.07) is 15.7. The second-order valence-electron chi connectivity index (χ2n) is 6.06. The Morgan fingerprint density at radius 2 is 1.92 bits per heavy atom. The van der Waals surface area contributed by atoms with Gasteiger partial charge in [-0.15, -0.1) is 11.3 Å². The Hall–Kier alpha value is -2.66. The Bertz CT molecular complexity index is 901. The van der Waals surface area contributed by atoms with Gasteiger partial charge in [0, 0.05) is 16.1 Å². The highest BCUT2D eigenvalue weighted by atomic mass is 32.1. The van der Waals surface area contributed by atoms with Crippen molar-refractivity contribution in [3.63, 3.8) is 0 Å². The standard InChI is InChI=1S/C21H22N2O2S/c1-4-25-18-10-8-16(9-11-18)21-15(3)26-20(23-21)13-19(24)22-17-7-5-6-14(2)12-17/h5-12H,4,13H2,1-3H3,(H,22,24). The van der Waals surface area contributed by atoms with Gasteiger partial charge >= 0.3 is 0 Å². The first kappa shape index (κ1) is 18.1. The predicted molar refractivity (Wildman–Crippen MR) is 107 cm³/mol. The van der Waals surface area contributed by atoms with Crippen LogP contribution in [0.1, 0.15) is 22.4 Å². The number of aromatic nitrogens is 1. The lowest BCUT2D eigenvalue weighted by Gasteiger charge is -2.05. The average molecular weight is 366 g/mol. The van der Waals surface area contributed by atoms with Crippen LogP contribution in [0.3, 0.4) is 0 Å². The van der Waals surface area contributed by atoms with Crippen LogP contribution in [-0.4, -0.2) is 17.5 Å². The lowest BCUT2D eigenvalue weighted by atomic mass is 10.1. The van der Waals surface area contributed by atoms with E-state index in [1.165, 1.54) is 0 Å². The quantitative estimate of drug-likeness (QED) is 0.667. The second-order valence-corrected chi connectivity index (χ2v) is 7.35. The predicted octanol–water partition coefficient (Wildman–Crippen LogP) is 5.01. The highest BCUT2D eigenvalue weighted by Gasteiger charge is 2.13. The Morgan fingerprint density at radius 1 is 1.15 bits per heavy atom. The van der Waals surface area contributed by atoms with Crippen molar-refractivity contribution in [3.8, 4) is 17.0 Å². The van der Waals surface area contributed by atoms with Crippen LogP contribution in [0.25, 0.3) is 11.3 Å². The smallest absolute Gasteiger partial charge is 0.231 e. The van der Waals surface area contributed by atoms with Crippen molar-refractivity contribution < 1.29 is 9.53 Å². The van der Waals surface area contributed by atoms with Gasteiger partial charge in [-0.25, -0.2) is 4.98 Å². The molecule has 0 saturated carbocycles. The fourth-order valence-corrected chi connectivity index (χ4v) is 3.69. The highest BCUT2D eigenvalue weighted by Crippen LogP contribution is 2.29. The van der Waals surface area contributed by atoms with E-state index in [0.29, 0.717) is 6.61 Å². The number of anilines is 1. The summed E-state index contributed by atoms with van der Waals surface area (Å²) >= 11 is 1.56. The molecule has 0 atom stereocenters. The first-order valence-corrected chi connectivity index (χ1v) is 9.43. The summed E-state index contributed by atoms with van der Waals surface area (Å²) in [7, 11) is 0. The Balaban J connectivity index is 1.70. The topological polar surface area (TPSA) is 51.2 Å². The fraction of sp³-hybridized carbons (Fsp3) is 0.238. The molecule has 5 heteroatoms. The maximum atomic E-state index is 12.3. The van der Waals surface area contributed by atoms with Gasteiger partial charge in [-0.1, -0.05) is 12.1 Å². The van der Waals surface area contributed by atoms with E-state index in [2.05, 4.69) is 10.3 Å². The van der Waals surface area contributed by atoms with Gasteiger partial charge in [-0.2, -0.15) is 0 Å². The molecule has 0 spiro atoms. The van der Waals surface area contributed by atoms with Crippen molar-refractivity contribution in [1.29, 1.82) is 0 Å². The number of ether oxygens (including phenoxy) is 1. The normalized spacial score (nSPS) is 10.6. The highest BCUT2D eigenvalue weighted by molar-refractivity contribution is 7.12. The zero-order chi connectivity index (χ0) is 18.5. The molecule has 0 aliphatic carbocycles. The van der Waals surface area contributed by atoms with Crippen LogP contribution in [0.15, 0.2) is 48.5 Å². The van der Waals surface area contributed by atoms with E-state index in [4.69, 9.17) is 4.74 Å². The van der Waals surface area contributed by atoms with Crippen LogP contribution in [0.5, 0.6) is 5.75 Å². The van der Waals surface area contributed by atoms with Crippen molar-refractivity contribution in [2.24, 2.45) is 0 Å². The van der Waals surface area contributed by atoms with Crippen LogP contribution in [-0.2, 0) is 11.2 Å². The van der Waals surface area contributed by atoms with Crippen molar-refractivity contribution >= 4 is 22.9 Å². The molecular weight excluding hydrogens is 344 g/mol. The van der Waals surface area contributed by atoms with Crippen molar-refractivity contribution in [2.45, 2.75) is 27.2 Å². The first-order chi connectivity index (χ1) is 12.5. The van der Waals surface area contributed by atoms with Gasteiger partial charge in [0.25, 0.3) is 0 Å². The minimum atomic E-state index is -0.0532. The first-order valence-electron chi connectivity index (χ1n) is 8.61. The van der Waals surface area contributed by atoms with Crippen LogP contribution < -0.4 is 10.1 Å². The van der Waals surface area contributed by atoms with Gasteiger partial charge in [0.05, 0.1) is 18.7 Å². The average Bonchev–Trinajstić information content (AvgIpc) is 2.96. The molecule has 134 valence electrons. The van der Waals surface area contributed by atoms with E-state index in [0.717, 1.165) is 38.1 Å². The fourth-order valence-electron chi connectivity index (χ4n) is 2.74. The number of aryl methyl sites for hydroxylation is 2. The molecule has 1 heterocycles. The molecular formula is C21H22N2O2S. The molecule has 3 rings (SSSR count). The van der Waals surface area contributed by atoms with Gasteiger partial charge in [0.1, 0.15) is 10.8 Å². The zero-order valence-electron chi connectivity index (χ0n) is 15.2. The molecule has 1 N–H and O–H groups in total. The van der Waals surface area contributed by atoms with Crippen molar-refractivity contribution in [1.82, 2.24) is 4.98 Å². The molecule has 26 heavy (non-hydrogen) atoms. The molecule has 1 aromatic heterocycles. The maximum Gasteiger partial charge on any atom is 0.231 e. The number of thiazole rings is 1. The third-order valence-corrected chi connectivity index (χ3v) is 4.86. The molecule has 0 aliphatic heterocycles. The van der Waals surface area contributed by atoms with E-state index in [-0.39, 0.29) is 12.3 Å². The number of hydrogen-bond acceptors (Lipinski definition) is 4. The van der Waals surface area contributed by atoms with Crippen LogP contribution in [0.4, 0.5) is 5.69 Å². The van der Waals surface area contributed by atoms with Crippen LogP contribution in [0, 0.1) is 13.8 Å². The monoisotopic (exact) mass is 366 g/mol.